The second-order valence-electron chi connectivity index (χ2n) is 3.74. The molecule has 1 aromatic heterocycles. The van der Waals surface area contributed by atoms with Gasteiger partial charge in [-0.1, -0.05) is 0 Å². The van der Waals surface area contributed by atoms with Crippen LogP contribution in [0.4, 0.5) is 0 Å². The standard InChI is InChI=1S/C10H20N4/c1-8(4-5-11)12-6-10-7-13-14(3)9(10)2/h7-8,12H,4-6,11H2,1-3H3. The number of hydrogen-bond acceptors (Lipinski definition) is 3. The molecule has 0 saturated carbocycles. The van der Waals surface area contributed by atoms with Crippen LogP contribution in [-0.2, 0) is 13.6 Å². The summed E-state index contributed by atoms with van der Waals surface area (Å²) in [6, 6.07) is 0.472. The molecular formula is C10H20N4. The van der Waals surface area contributed by atoms with Crippen LogP contribution in [0.5, 0.6) is 0 Å². The highest BCUT2D eigenvalue weighted by atomic mass is 15.3. The van der Waals surface area contributed by atoms with Crippen molar-refractivity contribution in [1.29, 1.82) is 0 Å². The Balaban J connectivity index is 2.41. The minimum atomic E-state index is 0.472. The van der Waals surface area contributed by atoms with Gasteiger partial charge in [-0.25, -0.2) is 0 Å². The number of rotatable bonds is 5. The Morgan fingerprint density at radius 2 is 2.36 bits per heavy atom. The molecule has 0 amide bonds. The van der Waals surface area contributed by atoms with E-state index in [2.05, 4.69) is 24.3 Å². The normalized spacial score (nSPS) is 13.1. The van der Waals surface area contributed by atoms with Crippen molar-refractivity contribution in [1.82, 2.24) is 15.1 Å². The van der Waals surface area contributed by atoms with Crippen LogP contribution in [0, 0.1) is 6.92 Å². The molecule has 0 spiro atoms. The van der Waals surface area contributed by atoms with Crippen LogP contribution in [0.1, 0.15) is 24.6 Å². The highest BCUT2D eigenvalue weighted by Crippen LogP contribution is 2.05. The van der Waals surface area contributed by atoms with E-state index in [1.54, 1.807) is 0 Å². The van der Waals surface area contributed by atoms with Crippen molar-refractivity contribution in [3.63, 3.8) is 0 Å². The van der Waals surface area contributed by atoms with E-state index in [1.807, 2.05) is 17.9 Å². The van der Waals surface area contributed by atoms with Gasteiger partial charge < -0.3 is 11.1 Å². The number of nitrogens with one attached hydrogen (secondary N) is 1. The molecule has 4 heteroatoms. The summed E-state index contributed by atoms with van der Waals surface area (Å²) < 4.78 is 1.89. The molecule has 3 N–H and O–H groups in total. The van der Waals surface area contributed by atoms with Crippen LogP contribution in [0.15, 0.2) is 6.20 Å². The summed E-state index contributed by atoms with van der Waals surface area (Å²) in [7, 11) is 1.96. The van der Waals surface area contributed by atoms with Gasteiger partial charge in [0.25, 0.3) is 0 Å². The van der Waals surface area contributed by atoms with Crippen molar-refractivity contribution >= 4 is 0 Å². The molecule has 1 atom stereocenters. The first-order chi connectivity index (χ1) is 6.65. The van der Waals surface area contributed by atoms with Gasteiger partial charge in [-0.2, -0.15) is 5.10 Å². The molecule has 0 aromatic carbocycles. The number of hydrogen-bond donors (Lipinski definition) is 2. The van der Waals surface area contributed by atoms with E-state index in [-0.39, 0.29) is 0 Å². The number of aryl methyl sites for hydroxylation is 1. The number of nitrogens with zero attached hydrogens (tertiary/aromatic N) is 2. The van der Waals surface area contributed by atoms with E-state index in [4.69, 9.17) is 5.73 Å². The average Bonchev–Trinajstić information content (AvgIpc) is 2.46. The summed E-state index contributed by atoms with van der Waals surface area (Å²) in [4.78, 5) is 0. The Morgan fingerprint density at radius 3 is 2.86 bits per heavy atom. The molecule has 80 valence electrons. The first kappa shape index (κ1) is 11.2. The number of aromatic nitrogens is 2. The minimum absolute atomic E-state index is 0.472. The Bertz CT molecular complexity index is 280. The Morgan fingerprint density at radius 1 is 1.64 bits per heavy atom. The molecule has 1 aromatic rings. The molecular weight excluding hydrogens is 176 g/mol. The van der Waals surface area contributed by atoms with E-state index in [0.717, 1.165) is 19.5 Å². The SMILES string of the molecule is Cc1c(CNC(C)CCN)cnn1C. The van der Waals surface area contributed by atoms with E-state index in [9.17, 15) is 0 Å². The fourth-order valence-corrected chi connectivity index (χ4v) is 1.35. The molecule has 0 fully saturated rings. The molecule has 0 aliphatic rings. The second kappa shape index (κ2) is 5.12. The first-order valence-electron chi connectivity index (χ1n) is 5.06. The summed E-state index contributed by atoms with van der Waals surface area (Å²) in [6.07, 6.45) is 2.93. The molecule has 0 saturated heterocycles. The highest BCUT2D eigenvalue weighted by molar-refractivity contribution is 5.15. The number of nitrogens with two attached hydrogens (primary N) is 1. The van der Waals surface area contributed by atoms with Crippen molar-refractivity contribution in [2.45, 2.75) is 32.9 Å². The summed E-state index contributed by atoms with van der Waals surface area (Å²) in [5, 5.41) is 7.61. The molecule has 1 rings (SSSR count). The first-order valence-corrected chi connectivity index (χ1v) is 5.06. The van der Waals surface area contributed by atoms with E-state index >= 15 is 0 Å². The zero-order chi connectivity index (χ0) is 10.6. The lowest BCUT2D eigenvalue weighted by Crippen LogP contribution is -2.27. The van der Waals surface area contributed by atoms with Gasteiger partial charge in [0, 0.05) is 30.9 Å². The summed E-state index contributed by atoms with van der Waals surface area (Å²) in [5.74, 6) is 0. The maximum atomic E-state index is 5.48. The Hall–Kier alpha value is -0.870. The monoisotopic (exact) mass is 196 g/mol. The van der Waals surface area contributed by atoms with Gasteiger partial charge in [-0.05, 0) is 26.8 Å². The van der Waals surface area contributed by atoms with Gasteiger partial charge in [-0.3, -0.25) is 4.68 Å². The highest BCUT2D eigenvalue weighted by Gasteiger charge is 2.05. The molecule has 1 unspecified atom stereocenters. The van der Waals surface area contributed by atoms with Crippen LogP contribution in [0.25, 0.3) is 0 Å². The predicted octanol–water partition coefficient (Wildman–Crippen LogP) is 0.555. The van der Waals surface area contributed by atoms with Crippen molar-refractivity contribution in [3.05, 3.63) is 17.5 Å². The third-order valence-corrected chi connectivity index (χ3v) is 2.58. The molecule has 0 radical (unpaired) electrons. The fraction of sp³-hybridized carbons (Fsp3) is 0.700. The summed E-state index contributed by atoms with van der Waals surface area (Å²) in [6.45, 7) is 5.84. The lowest BCUT2D eigenvalue weighted by Gasteiger charge is -2.11. The molecule has 0 bridgehead atoms. The van der Waals surface area contributed by atoms with E-state index < -0.39 is 0 Å². The topological polar surface area (TPSA) is 55.9 Å². The predicted molar refractivity (Wildman–Crippen MR) is 57.9 cm³/mol. The van der Waals surface area contributed by atoms with E-state index in [0.29, 0.717) is 6.04 Å². The molecule has 0 aliphatic carbocycles. The van der Waals surface area contributed by atoms with Crippen molar-refractivity contribution < 1.29 is 0 Å². The summed E-state index contributed by atoms with van der Waals surface area (Å²) in [5.41, 5.74) is 7.96. The minimum Gasteiger partial charge on any atom is -0.330 e. The van der Waals surface area contributed by atoms with Crippen molar-refractivity contribution in [2.24, 2.45) is 12.8 Å². The summed E-state index contributed by atoms with van der Waals surface area (Å²) >= 11 is 0. The van der Waals surface area contributed by atoms with Gasteiger partial charge in [-0.15, -0.1) is 0 Å². The third-order valence-electron chi connectivity index (χ3n) is 2.58. The maximum absolute atomic E-state index is 5.48. The van der Waals surface area contributed by atoms with Crippen LogP contribution >= 0.6 is 0 Å². The largest absolute Gasteiger partial charge is 0.330 e. The van der Waals surface area contributed by atoms with Gasteiger partial charge in [0.15, 0.2) is 0 Å². The Labute approximate surface area is 85.5 Å². The lowest BCUT2D eigenvalue weighted by atomic mass is 10.2. The van der Waals surface area contributed by atoms with Gasteiger partial charge in [0.2, 0.25) is 0 Å². The van der Waals surface area contributed by atoms with Crippen LogP contribution in [0.2, 0.25) is 0 Å². The van der Waals surface area contributed by atoms with Gasteiger partial charge in [0.05, 0.1) is 6.20 Å². The van der Waals surface area contributed by atoms with Crippen molar-refractivity contribution in [3.8, 4) is 0 Å². The zero-order valence-electron chi connectivity index (χ0n) is 9.25. The smallest absolute Gasteiger partial charge is 0.0537 e. The zero-order valence-corrected chi connectivity index (χ0v) is 9.25. The van der Waals surface area contributed by atoms with Crippen LogP contribution < -0.4 is 11.1 Å². The van der Waals surface area contributed by atoms with Gasteiger partial charge in [0.1, 0.15) is 0 Å². The third kappa shape index (κ3) is 2.82. The second-order valence-corrected chi connectivity index (χ2v) is 3.74. The molecule has 4 nitrogen and oxygen atoms in total. The van der Waals surface area contributed by atoms with E-state index in [1.165, 1.54) is 11.3 Å². The van der Waals surface area contributed by atoms with Crippen LogP contribution in [0.3, 0.4) is 0 Å². The molecule has 14 heavy (non-hydrogen) atoms. The lowest BCUT2D eigenvalue weighted by molar-refractivity contribution is 0.518. The quantitative estimate of drug-likeness (QED) is 0.723. The van der Waals surface area contributed by atoms with Gasteiger partial charge >= 0.3 is 0 Å². The maximum Gasteiger partial charge on any atom is 0.0537 e. The van der Waals surface area contributed by atoms with Crippen LogP contribution in [-0.4, -0.2) is 22.4 Å². The Kier molecular flexibility index (Phi) is 4.10. The fourth-order valence-electron chi connectivity index (χ4n) is 1.35. The molecule has 0 aliphatic heterocycles. The molecule has 1 heterocycles. The average molecular weight is 196 g/mol. The van der Waals surface area contributed by atoms with Crippen molar-refractivity contribution in [2.75, 3.05) is 6.54 Å².